The molecule has 0 heteroatoms. The van der Waals surface area contributed by atoms with Gasteiger partial charge in [-0.05, 0) is 58.4 Å². The summed E-state index contributed by atoms with van der Waals surface area (Å²) in [5.74, 6) is 2.19. The molecule has 4 rings (SSSR count). The summed E-state index contributed by atoms with van der Waals surface area (Å²) in [4.78, 5) is 0. The SMILES string of the molecule is CC(C)c1ccc2c(c1)C1CCC1c1ccccc1-2. The van der Waals surface area contributed by atoms with Gasteiger partial charge >= 0.3 is 0 Å². The van der Waals surface area contributed by atoms with Gasteiger partial charge in [0.25, 0.3) is 0 Å². The normalized spacial score (nSPS) is 23.3. The lowest BCUT2D eigenvalue weighted by atomic mass is 9.60. The second-order valence-corrected chi connectivity index (χ2v) is 6.38. The van der Waals surface area contributed by atoms with Crippen LogP contribution in [0, 0.1) is 0 Å². The smallest absolute Gasteiger partial charge is 0.00864 e. The summed E-state index contributed by atoms with van der Waals surface area (Å²) < 4.78 is 0. The van der Waals surface area contributed by atoms with Crippen LogP contribution in [0.25, 0.3) is 11.1 Å². The first-order chi connectivity index (χ1) is 9.25. The van der Waals surface area contributed by atoms with E-state index in [0.29, 0.717) is 5.92 Å². The Balaban J connectivity index is 1.95. The molecule has 19 heavy (non-hydrogen) atoms. The highest BCUT2D eigenvalue weighted by Crippen LogP contribution is 2.57. The molecule has 2 aliphatic rings. The molecule has 0 saturated heterocycles. The molecule has 1 fully saturated rings. The third-order valence-corrected chi connectivity index (χ3v) is 5.07. The Morgan fingerprint density at radius 3 is 2.26 bits per heavy atom. The van der Waals surface area contributed by atoms with E-state index >= 15 is 0 Å². The molecule has 2 aromatic rings. The van der Waals surface area contributed by atoms with Gasteiger partial charge in [-0.2, -0.15) is 0 Å². The molecule has 0 heterocycles. The van der Waals surface area contributed by atoms with Crippen LogP contribution in [-0.4, -0.2) is 0 Å². The summed E-state index contributed by atoms with van der Waals surface area (Å²) in [6.45, 7) is 4.58. The fourth-order valence-electron chi connectivity index (χ4n) is 3.80. The molecule has 0 N–H and O–H groups in total. The molecular formula is C19H20. The van der Waals surface area contributed by atoms with Gasteiger partial charge in [-0.3, -0.25) is 0 Å². The zero-order valence-corrected chi connectivity index (χ0v) is 11.7. The molecule has 2 aromatic carbocycles. The fourth-order valence-corrected chi connectivity index (χ4v) is 3.80. The second-order valence-electron chi connectivity index (χ2n) is 6.38. The minimum atomic E-state index is 0.626. The van der Waals surface area contributed by atoms with E-state index in [4.69, 9.17) is 0 Å². The van der Waals surface area contributed by atoms with Crippen molar-refractivity contribution in [1.29, 1.82) is 0 Å². The number of fused-ring (bicyclic) bond motifs is 6. The summed E-state index contributed by atoms with van der Waals surface area (Å²) in [7, 11) is 0. The lowest BCUT2D eigenvalue weighted by molar-refractivity contribution is 0.343. The minimum absolute atomic E-state index is 0.626. The van der Waals surface area contributed by atoms with E-state index in [0.717, 1.165) is 11.8 Å². The van der Waals surface area contributed by atoms with E-state index in [9.17, 15) is 0 Å². The van der Waals surface area contributed by atoms with Crippen LogP contribution in [0.15, 0.2) is 42.5 Å². The van der Waals surface area contributed by atoms with Gasteiger partial charge in [0.2, 0.25) is 0 Å². The van der Waals surface area contributed by atoms with Crippen molar-refractivity contribution >= 4 is 0 Å². The van der Waals surface area contributed by atoms with Gasteiger partial charge < -0.3 is 0 Å². The predicted molar refractivity (Wildman–Crippen MR) is 80.7 cm³/mol. The number of rotatable bonds is 1. The zero-order valence-electron chi connectivity index (χ0n) is 11.7. The van der Waals surface area contributed by atoms with E-state index < -0.39 is 0 Å². The molecule has 0 nitrogen and oxygen atoms in total. The van der Waals surface area contributed by atoms with Gasteiger partial charge in [0.05, 0.1) is 0 Å². The van der Waals surface area contributed by atoms with E-state index in [1.165, 1.54) is 29.5 Å². The van der Waals surface area contributed by atoms with Crippen molar-refractivity contribution in [1.82, 2.24) is 0 Å². The van der Waals surface area contributed by atoms with Crippen LogP contribution in [0.4, 0.5) is 0 Å². The highest BCUT2D eigenvalue weighted by molar-refractivity contribution is 5.76. The fraction of sp³-hybridized carbons (Fsp3) is 0.368. The van der Waals surface area contributed by atoms with Crippen molar-refractivity contribution in [2.24, 2.45) is 0 Å². The molecule has 0 bridgehead atoms. The van der Waals surface area contributed by atoms with Crippen LogP contribution in [0.2, 0.25) is 0 Å². The van der Waals surface area contributed by atoms with Crippen LogP contribution in [0.3, 0.4) is 0 Å². The van der Waals surface area contributed by atoms with Gasteiger partial charge in [-0.25, -0.2) is 0 Å². The minimum Gasteiger partial charge on any atom is -0.0619 e. The van der Waals surface area contributed by atoms with Crippen molar-refractivity contribution in [3.05, 3.63) is 59.2 Å². The zero-order chi connectivity index (χ0) is 13.0. The summed E-state index contributed by atoms with van der Waals surface area (Å²) in [6, 6.07) is 16.2. The Morgan fingerprint density at radius 1 is 0.842 bits per heavy atom. The van der Waals surface area contributed by atoms with Gasteiger partial charge in [-0.1, -0.05) is 56.3 Å². The maximum Gasteiger partial charge on any atom is -0.00864 e. The lowest BCUT2D eigenvalue weighted by Crippen LogP contribution is -2.26. The molecule has 96 valence electrons. The average Bonchev–Trinajstić information content (AvgIpc) is 2.37. The first-order valence-electron chi connectivity index (χ1n) is 7.49. The van der Waals surface area contributed by atoms with E-state index in [2.05, 4.69) is 56.3 Å². The quantitative estimate of drug-likeness (QED) is 0.629. The summed E-state index contributed by atoms with van der Waals surface area (Å²) in [5, 5.41) is 0. The number of benzene rings is 2. The van der Waals surface area contributed by atoms with Gasteiger partial charge in [0, 0.05) is 0 Å². The summed E-state index contributed by atoms with van der Waals surface area (Å²) in [6.07, 6.45) is 2.74. The molecular weight excluding hydrogens is 228 g/mol. The molecule has 0 aliphatic heterocycles. The second kappa shape index (κ2) is 3.96. The molecule has 0 amide bonds. The molecule has 0 radical (unpaired) electrons. The largest absolute Gasteiger partial charge is 0.0619 e. The van der Waals surface area contributed by atoms with Crippen molar-refractivity contribution < 1.29 is 0 Å². The standard InChI is InChI=1S/C19H20/c1-12(2)13-7-8-17-15-6-4-3-5-14(15)16-9-10-18(16)19(17)11-13/h3-8,11-12,16,18H,9-10H2,1-2H3. The molecule has 0 aromatic heterocycles. The van der Waals surface area contributed by atoms with Crippen LogP contribution < -0.4 is 0 Å². The third kappa shape index (κ3) is 1.52. The highest BCUT2D eigenvalue weighted by atomic mass is 14.4. The Bertz CT molecular complexity index is 636. The van der Waals surface area contributed by atoms with Gasteiger partial charge in [0.1, 0.15) is 0 Å². The maximum absolute atomic E-state index is 2.48. The van der Waals surface area contributed by atoms with Gasteiger partial charge in [-0.15, -0.1) is 0 Å². The van der Waals surface area contributed by atoms with Crippen molar-refractivity contribution in [2.45, 2.75) is 44.4 Å². The number of hydrogen-bond acceptors (Lipinski definition) is 0. The van der Waals surface area contributed by atoms with E-state index in [1.807, 2.05) is 0 Å². The van der Waals surface area contributed by atoms with Crippen molar-refractivity contribution in [2.75, 3.05) is 0 Å². The van der Waals surface area contributed by atoms with Gasteiger partial charge in [0.15, 0.2) is 0 Å². The van der Waals surface area contributed by atoms with Crippen LogP contribution in [0.5, 0.6) is 0 Å². The maximum atomic E-state index is 2.48. The molecule has 0 spiro atoms. The van der Waals surface area contributed by atoms with Crippen LogP contribution in [0.1, 0.15) is 61.1 Å². The lowest BCUT2D eigenvalue weighted by Gasteiger charge is -2.43. The van der Waals surface area contributed by atoms with Crippen molar-refractivity contribution in [3.8, 4) is 11.1 Å². The topological polar surface area (TPSA) is 0 Å². The first kappa shape index (κ1) is 11.3. The highest BCUT2D eigenvalue weighted by Gasteiger charge is 2.39. The molecule has 1 saturated carbocycles. The van der Waals surface area contributed by atoms with E-state index in [-0.39, 0.29) is 0 Å². The van der Waals surface area contributed by atoms with E-state index in [1.54, 1.807) is 11.1 Å². The monoisotopic (exact) mass is 248 g/mol. The Morgan fingerprint density at radius 2 is 1.53 bits per heavy atom. The Hall–Kier alpha value is -1.56. The van der Waals surface area contributed by atoms with Crippen LogP contribution in [-0.2, 0) is 0 Å². The number of hydrogen-bond donors (Lipinski definition) is 0. The molecule has 2 atom stereocenters. The van der Waals surface area contributed by atoms with Crippen LogP contribution >= 0.6 is 0 Å². The molecule has 2 aliphatic carbocycles. The first-order valence-corrected chi connectivity index (χ1v) is 7.49. The molecule has 2 unspecified atom stereocenters. The Labute approximate surface area is 115 Å². The Kier molecular flexibility index (Phi) is 2.35. The van der Waals surface area contributed by atoms with Crippen molar-refractivity contribution in [3.63, 3.8) is 0 Å². The summed E-state index contributed by atoms with van der Waals surface area (Å²) >= 11 is 0. The predicted octanol–water partition coefficient (Wildman–Crippen LogP) is 5.45. The summed E-state index contributed by atoms with van der Waals surface area (Å²) in [5.41, 5.74) is 7.66. The average molecular weight is 248 g/mol. The third-order valence-electron chi connectivity index (χ3n) is 5.07.